The van der Waals surface area contributed by atoms with Crippen molar-refractivity contribution in [3.05, 3.63) is 29.3 Å². The van der Waals surface area contributed by atoms with Crippen molar-refractivity contribution in [3.8, 4) is 10.6 Å². The number of rotatable bonds is 4. The monoisotopic (exact) mass is 331 g/mol. The zero-order valence-electron chi connectivity index (χ0n) is 13.2. The number of aliphatic carboxylic acids is 1. The number of carbonyl (C=O) groups is 1. The van der Waals surface area contributed by atoms with Crippen molar-refractivity contribution in [1.82, 2.24) is 14.7 Å². The average Bonchev–Trinajstić information content (AvgIpc) is 3.21. The van der Waals surface area contributed by atoms with E-state index in [-0.39, 0.29) is 0 Å². The summed E-state index contributed by atoms with van der Waals surface area (Å²) in [7, 11) is 1.94. The van der Waals surface area contributed by atoms with Crippen LogP contribution in [0.4, 0.5) is 0 Å². The third-order valence-electron chi connectivity index (χ3n) is 5.42. The van der Waals surface area contributed by atoms with Gasteiger partial charge in [0.05, 0.1) is 10.3 Å². The molecule has 0 amide bonds. The van der Waals surface area contributed by atoms with Crippen molar-refractivity contribution in [2.75, 3.05) is 13.1 Å². The predicted octanol–water partition coefficient (Wildman–Crippen LogP) is 2.84. The summed E-state index contributed by atoms with van der Waals surface area (Å²) in [6.45, 7) is 2.35. The van der Waals surface area contributed by atoms with E-state index in [1.165, 1.54) is 10.4 Å². The number of likely N-dealkylation sites (tertiary alicyclic amines) is 1. The van der Waals surface area contributed by atoms with Gasteiger partial charge >= 0.3 is 5.97 Å². The molecule has 0 aromatic carbocycles. The fraction of sp³-hybridized carbons (Fsp3) is 0.529. The minimum absolute atomic E-state index is 0.307. The summed E-state index contributed by atoms with van der Waals surface area (Å²) >= 11 is 1.69. The van der Waals surface area contributed by atoms with Crippen LogP contribution in [0.2, 0.25) is 0 Å². The fourth-order valence-corrected chi connectivity index (χ4v) is 5.12. The van der Waals surface area contributed by atoms with Crippen LogP contribution in [0.3, 0.4) is 0 Å². The van der Waals surface area contributed by atoms with Gasteiger partial charge in [0.25, 0.3) is 0 Å². The molecule has 1 aliphatic heterocycles. The quantitative estimate of drug-likeness (QED) is 0.936. The largest absolute Gasteiger partial charge is 0.481 e. The van der Waals surface area contributed by atoms with Gasteiger partial charge in [-0.25, -0.2) is 0 Å². The molecule has 4 rings (SSSR count). The maximum absolute atomic E-state index is 11.8. The van der Waals surface area contributed by atoms with E-state index in [0.717, 1.165) is 38.0 Å². The zero-order chi connectivity index (χ0) is 16.0. The third-order valence-corrected chi connectivity index (χ3v) is 6.30. The molecular formula is C17H21N3O2S. The number of carboxylic acids is 1. The van der Waals surface area contributed by atoms with Gasteiger partial charge in [0.2, 0.25) is 0 Å². The predicted molar refractivity (Wildman–Crippen MR) is 89.2 cm³/mol. The van der Waals surface area contributed by atoms with Crippen molar-refractivity contribution in [1.29, 1.82) is 0 Å². The second-order valence-electron chi connectivity index (χ2n) is 6.87. The number of aryl methyl sites for hydroxylation is 1. The summed E-state index contributed by atoms with van der Waals surface area (Å²) in [5.41, 5.74) is 1.71. The lowest BCUT2D eigenvalue weighted by molar-refractivity contribution is -0.149. The van der Waals surface area contributed by atoms with E-state index in [0.29, 0.717) is 12.5 Å². The van der Waals surface area contributed by atoms with Gasteiger partial charge in [-0.2, -0.15) is 5.10 Å². The Hall–Kier alpha value is -1.66. The number of hydrogen-bond acceptors (Lipinski definition) is 4. The van der Waals surface area contributed by atoms with E-state index < -0.39 is 11.4 Å². The van der Waals surface area contributed by atoms with Gasteiger partial charge in [0.1, 0.15) is 5.69 Å². The first-order chi connectivity index (χ1) is 11.1. The molecule has 0 bridgehead atoms. The number of hydrogen-bond donors (Lipinski definition) is 1. The number of carboxylic acid groups (broad SMARTS) is 1. The molecule has 1 N–H and O–H groups in total. The van der Waals surface area contributed by atoms with Crippen molar-refractivity contribution >= 4 is 17.3 Å². The number of fused-ring (bicyclic) bond motifs is 1. The highest BCUT2D eigenvalue weighted by atomic mass is 32.1. The van der Waals surface area contributed by atoms with E-state index in [9.17, 15) is 9.90 Å². The van der Waals surface area contributed by atoms with Crippen LogP contribution in [-0.4, -0.2) is 38.8 Å². The summed E-state index contributed by atoms with van der Waals surface area (Å²) in [6, 6.07) is 4.13. The van der Waals surface area contributed by atoms with Crippen LogP contribution < -0.4 is 0 Å². The molecule has 1 aliphatic carbocycles. The lowest BCUT2D eigenvalue weighted by Crippen LogP contribution is -2.35. The standard InChI is InChI=1S/C17H21N3O2S/c1-19-8-12(15(18-19)14-5-3-7-23-14)9-20-10-13-4-2-6-17(13,11-20)16(21)22/h3,5,7-8,13H,2,4,6,9-11H2,1H3,(H,21,22)/t13-,17+/m0/s1. The van der Waals surface area contributed by atoms with Gasteiger partial charge in [-0.3, -0.25) is 14.4 Å². The normalized spacial score (nSPS) is 27.4. The lowest BCUT2D eigenvalue weighted by atomic mass is 9.81. The zero-order valence-corrected chi connectivity index (χ0v) is 14.1. The SMILES string of the molecule is Cn1cc(CN2C[C@@H]3CCC[C@@]3(C(=O)O)C2)c(-c2cccs2)n1. The molecule has 23 heavy (non-hydrogen) atoms. The van der Waals surface area contributed by atoms with Crippen molar-refractivity contribution in [2.24, 2.45) is 18.4 Å². The van der Waals surface area contributed by atoms with Crippen molar-refractivity contribution in [3.63, 3.8) is 0 Å². The van der Waals surface area contributed by atoms with Crippen LogP contribution in [-0.2, 0) is 18.4 Å². The molecule has 1 saturated heterocycles. The molecule has 2 aliphatic rings. The van der Waals surface area contributed by atoms with Gasteiger partial charge in [0, 0.05) is 38.4 Å². The van der Waals surface area contributed by atoms with Crippen LogP contribution in [0.1, 0.15) is 24.8 Å². The summed E-state index contributed by atoms with van der Waals surface area (Å²) in [6.07, 6.45) is 5.00. The fourth-order valence-electron chi connectivity index (χ4n) is 4.38. The highest BCUT2D eigenvalue weighted by Gasteiger charge is 2.54. The molecule has 2 aromatic rings. The molecule has 2 fully saturated rings. The molecular weight excluding hydrogens is 310 g/mol. The summed E-state index contributed by atoms with van der Waals surface area (Å²) in [4.78, 5) is 15.3. The van der Waals surface area contributed by atoms with E-state index >= 15 is 0 Å². The Bertz CT molecular complexity index is 724. The first-order valence-electron chi connectivity index (χ1n) is 8.11. The molecule has 5 nitrogen and oxygen atoms in total. The molecule has 2 atom stereocenters. The van der Waals surface area contributed by atoms with E-state index in [2.05, 4.69) is 27.6 Å². The second kappa shape index (κ2) is 5.46. The van der Waals surface area contributed by atoms with Crippen molar-refractivity contribution in [2.45, 2.75) is 25.8 Å². The van der Waals surface area contributed by atoms with Crippen LogP contribution in [0.25, 0.3) is 10.6 Å². The third kappa shape index (κ3) is 2.40. The molecule has 0 spiro atoms. The van der Waals surface area contributed by atoms with Gasteiger partial charge in [0.15, 0.2) is 0 Å². The minimum Gasteiger partial charge on any atom is -0.481 e. The highest BCUT2D eigenvalue weighted by Crippen LogP contribution is 2.49. The number of thiophene rings is 1. The smallest absolute Gasteiger partial charge is 0.311 e. The molecule has 0 unspecified atom stereocenters. The van der Waals surface area contributed by atoms with E-state index in [1.807, 2.05) is 17.8 Å². The van der Waals surface area contributed by atoms with Crippen LogP contribution in [0, 0.1) is 11.3 Å². The van der Waals surface area contributed by atoms with E-state index in [4.69, 9.17) is 0 Å². The Balaban J connectivity index is 1.57. The van der Waals surface area contributed by atoms with Gasteiger partial charge in [-0.05, 0) is 30.2 Å². The van der Waals surface area contributed by atoms with Gasteiger partial charge in [-0.1, -0.05) is 12.5 Å². The summed E-state index contributed by atoms with van der Waals surface area (Å²) in [5.74, 6) is -0.297. The molecule has 2 aromatic heterocycles. The molecule has 122 valence electrons. The topological polar surface area (TPSA) is 58.4 Å². The lowest BCUT2D eigenvalue weighted by Gasteiger charge is -2.23. The number of aromatic nitrogens is 2. The summed E-state index contributed by atoms with van der Waals surface area (Å²) < 4.78 is 1.86. The minimum atomic E-state index is -0.604. The Morgan fingerprint density at radius 1 is 1.57 bits per heavy atom. The van der Waals surface area contributed by atoms with Crippen molar-refractivity contribution < 1.29 is 9.90 Å². The van der Waals surface area contributed by atoms with Gasteiger partial charge < -0.3 is 5.11 Å². The molecule has 3 heterocycles. The first-order valence-corrected chi connectivity index (χ1v) is 8.98. The highest BCUT2D eigenvalue weighted by molar-refractivity contribution is 7.13. The maximum atomic E-state index is 11.8. The average molecular weight is 331 g/mol. The summed E-state index contributed by atoms with van der Waals surface area (Å²) in [5, 5.41) is 16.4. The number of nitrogens with zero attached hydrogens (tertiary/aromatic N) is 3. The Morgan fingerprint density at radius 3 is 3.13 bits per heavy atom. The second-order valence-corrected chi connectivity index (χ2v) is 7.82. The Labute approximate surface area is 139 Å². The molecule has 6 heteroatoms. The van der Waals surface area contributed by atoms with E-state index in [1.54, 1.807) is 11.3 Å². The Morgan fingerprint density at radius 2 is 2.43 bits per heavy atom. The van der Waals surface area contributed by atoms with Crippen LogP contribution in [0.5, 0.6) is 0 Å². The first kappa shape index (κ1) is 14.9. The Kier molecular flexibility index (Phi) is 3.54. The maximum Gasteiger partial charge on any atom is 0.311 e. The molecule has 0 radical (unpaired) electrons. The van der Waals surface area contributed by atoms with Gasteiger partial charge in [-0.15, -0.1) is 11.3 Å². The molecule has 1 saturated carbocycles. The van der Waals surface area contributed by atoms with Crippen LogP contribution >= 0.6 is 11.3 Å². The van der Waals surface area contributed by atoms with Crippen LogP contribution in [0.15, 0.2) is 23.7 Å².